The van der Waals surface area contributed by atoms with Gasteiger partial charge in [-0.25, -0.2) is 4.79 Å². The zero-order chi connectivity index (χ0) is 47.8. The number of likely N-dealkylation sites (N-methyl/N-ethyl adjacent to an activating group) is 3. The summed E-state index contributed by atoms with van der Waals surface area (Å²) in [5, 5.41) is 6.53. The Morgan fingerprint density at radius 3 is 1.09 bits per heavy atom. The maximum absolute atomic E-state index is 12.4. The van der Waals surface area contributed by atoms with Crippen LogP contribution in [0.2, 0.25) is 0 Å². The number of benzene rings is 6. The summed E-state index contributed by atoms with van der Waals surface area (Å²) in [5.74, 6) is 2.50. The minimum absolute atomic E-state index is 0.0338. The Labute approximate surface area is 413 Å². The highest BCUT2D eigenvalue weighted by Gasteiger charge is 2.24. The van der Waals surface area contributed by atoms with Crippen LogP contribution in [0.15, 0.2) is 165 Å². The summed E-state index contributed by atoms with van der Waals surface area (Å²) >= 11 is 10.4. The molecule has 0 spiro atoms. The number of hydrogen-bond acceptors (Lipinski definition) is 7. The maximum Gasteiger partial charge on any atom is 0.410 e. The second kappa shape index (κ2) is 29.2. The number of rotatable bonds is 14. The average molecular weight is 1080 g/mol. The highest BCUT2D eigenvalue weighted by Crippen LogP contribution is 2.30. The van der Waals surface area contributed by atoms with Crippen LogP contribution in [0.3, 0.4) is 0 Å². The predicted octanol–water partition coefficient (Wildman–Crippen LogP) is 13.3. The second-order valence-electron chi connectivity index (χ2n) is 16.2. The molecule has 11 heteroatoms. The summed E-state index contributed by atoms with van der Waals surface area (Å²) in [6.45, 7) is 7.99. The van der Waals surface area contributed by atoms with E-state index in [0.717, 1.165) is 49.1 Å². The number of amides is 1. The van der Waals surface area contributed by atoms with Gasteiger partial charge in [0.05, 0.1) is 14.2 Å². The number of nitrogens with one attached hydrogen (secondary N) is 2. The Morgan fingerprint density at radius 1 is 0.508 bits per heavy atom. The number of methoxy groups -OCH3 is 3. The molecule has 3 unspecified atom stereocenters. The minimum atomic E-state index is -0.515. The third kappa shape index (κ3) is 19.5. The Bertz CT molecular complexity index is 2200. The first-order chi connectivity index (χ1) is 31.2. The van der Waals surface area contributed by atoms with E-state index in [-0.39, 0.29) is 12.0 Å². The lowest BCUT2D eigenvalue weighted by molar-refractivity contribution is 0.0294. The number of carbonyl (C=O) groups excluding carboxylic acids is 1. The van der Waals surface area contributed by atoms with Gasteiger partial charge in [0.15, 0.2) is 0 Å². The molecule has 1 amide bonds. The van der Waals surface area contributed by atoms with Gasteiger partial charge in [0.25, 0.3) is 0 Å². The molecule has 0 saturated heterocycles. The van der Waals surface area contributed by atoms with Crippen LogP contribution in [0.5, 0.6) is 11.5 Å². The standard InChI is InChI=1S/C21H26BrNO3.C16H18BrNO.C15H16BrN.C2H6O/c1-21(2,3)26-20(24)23(4)14-19(15-6-10-17(22)11-7-15)16-8-12-18(25-5)13-9-16;1-18-11-16(12-3-7-14(17)8-4-12)13-5-9-15(19-2)10-6-13;1-17-11-15(12-5-3-2-4-6-12)13-7-9-14(16)10-8-13;1-3-2/h6-13,19H,14H2,1-5H3;3-10,16,18H,11H2,1-2H3;2-10,15,17H,11H2,1H3;1-2H3. The van der Waals surface area contributed by atoms with Crippen LogP contribution >= 0.6 is 47.8 Å². The summed E-state index contributed by atoms with van der Waals surface area (Å²) in [6.07, 6.45) is -0.326. The second-order valence-corrected chi connectivity index (χ2v) is 18.9. The number of nitrogens with zero attached hydrogens (tertiary/aromatic N) is 1. The summed E-state index contributed by atoms with van der Waals surface area (Å²) in [5.41, 5.74) is 7.02. The van der Waals surface area contributed by atoms with Gasteiger partial charge in [-0.1, -0.05) is 139 Å². The molecular formula is C54H66Br3N3O5. The van der Waals surface area contributed by atoms with Crippen molar-refractivity contribution in [1.82, 2.24) is 15.5 Å². The van der Waals surface area contributed by atoms with Gasteiger partial charge in [-0.15, -0.1) is 0 Å². The van der Waals surface area contributed by atoms with Crippen molar-refractivity contribution in [2.24, 2.45) is 0 Å². The molecule has 6 aromatic carbocycles. The average Bonchev–Trinajstić information content (AvgIpc) is 3.31. The molecule has 6 aromatic rings. The monoisotopic (exact) mass is 1070 g/mol. The quantitative estimate of drug-likeness (QED) is 0.112. The fourth-order valence-corrected chi connectivity index (χ4v) is 7.59. The fraction of sp³-hybridized carbons (Fsp3) is 0.315. The van der Waals surface area contributed by atoms with E-state index in [2.05, 4.69) is 166 Å². The van der Waals surface area contributed by atoms with Crippen LogP contribution in [-0.2, 0) is 9.47 Å². The summed E-state index contributed by atoms with van der Waals surface area (Å²) < 4.78 is 23.5. The van der Waals surface area contributed by atoms with Gasteiger partial charge in [-0.05, 0) is 129 Å². The van der Waals surface area contributed by atoms with E-state index in [9.17, 15) is 4.79 Å². The minimum Gasteiger partial charge on any atom is -0.497 e. The topological polar surface area (TPSA) is 81.3 Å². The van der Waals surface area contributed by atoms with Gasteiger partial charge < -0.3 is 34.5 Å². The van der Waals surface area contributed by atoms with E-state index in [1.165, 1.54) is 22.3 Å². The zero-order valence-corrected chi connectivity index (χ0v) is 44.2. The van der Waals surface area contributed by atoms with Crippen LogP contribution in [-0.4, -0.2) is 85.8 Å². The van der Waals surface area contributed by atoms with Crippen molar-refractivity contribution in [3.05, 3.63) is 198 Å². The molecule has 6 rings (SSSR count). The summed E-state index contributed by atoms with van der Waals surface area (Å²) in [7, 11) is 12.3. The molecule has 0 saturated carbocycles. The molecular weight excluding hydrogens is 1010 g/mol. The Balaban J connectivity index is 0.000000257. The van der Waals surface area contributed by atoms with E-state index in [1.54, 1.807) is 40.4 Å². The summed E-state index contributed by atoms with van der Waals surface area (Å²) in [6, 6.07) is 52.1. The maximum atomic E-state index is 12.4. The van der Waals surface area contributed by atoms with E-state index < -0.39 is 5.60 Å². The molecule has 0 aliphatic rings. The highest BCUT2D eigenvalue weighted by molar-refractivity contribution is 9.11. The third-order valence-electron chi connectivity index (χ3n) is 10.0. The number of carbonyl (C=O) groups is 1. The van der Waals surface area contributed by atoms with Crippen LogP contribution in [0.25, 0.3) is 0 Å². The van der Waals surface area contributed by atoms with E-state index in [1.807, 2.05) is 83.4 Å². The molecule has 0 aliphatic heterocycles. The molecule has 0 bridgehead atoms. The van der Waals surface area contributed by atoms with Crippen molar-refractivity contribution in [2.45, 2.75) is 44.1 Å². The molecule has 8 nitrogen and oxygen atoms in total. The summed E-state index contributed by atoms with van der Waals surface area (Å²) in [4.78, 5) is 14.0. The number of halogens is 3. The Kier molecular flexibility index (Phi) is 24.6. The van der Waals surface area contributed by atoms with Crippen molar-refractivity contribution in [2.75, 3.05) is 69.2 Å². The van der Waals surface area contributed by atoms with Gasteiger partial charge in [-0.3, -0.25) is 0 Å². The lowest BCUT2D eigenvalue weighted by atomic mass is 9.91. The SMILES string of the molecule is CNCC(c1ccc(Br)cc1)c1ccc(OC)cc1.CNCC(c1ccccc1)c1ccc(Br)cc1.COC.COc1ccc(C(CN(C)C(=O)OC(C)(C)C)c2ccc(Br)cc2)cc1. The molecule has 348 valence electrons. The number of ether oxygens (including phenoxy) is 4. The Hall–Kier alpha value is -4.49. The largest absolute Gasteiger partial charge is 0.497 e. The smallest absolute Gasteiger partial charge is 0.410 e. The van der Waals surface area contributed by atoms with Crippen molar-refractivity contribution >= 4 is 53.9 Å². The zero-order valence-electron chi connectivity index (χ0n) is 39.4. The molecule has 0 heterocycles. The molecule has 0 fully saturated rings. The van der Waals surface area contributed by atoms with Gasteiger partial charge in [-0.2, -0.15) is 0 Å². The number of hydrogen-bond donors (Lipinski definition) is 2. The molecule has 65 heavy (non-hydrogen) atoms. The van der Waals surface area contributed by atoms with E-state index in [4.69, 9.17) is 14.2 Å². The van der Waals surface area contributed by atoms with Gasteiger partial charge in [0.1, 0.15) is 17.1 Å². The molecule has 0 aliphatic carbocycles. The Morgan fingerprint density at radius 2 is 0.800 bits per heavy atom. The first-order valence-corrected chi connectivity index (χ1v) is 23.8. The van der Waals surface area contributed by atoms with Crippen LogP contribution < -0.4 is 20.1 Å². The normalized spacial score (nSPS) is 12.0. The molecule has 3 atom stereocenters. The molecule has 0 radical (unpaired) electrons. The molecule has 2 N–H and O–H groups in total. The molecule has 0 aromatic heterocycles. The van der Waals surface area contributed by atoms with Crippen molar-refractivity contribution in [3.8, 4) is 11.5 Å². The lowest BCUT2D eigenvalue weighted by Crippen LogP contribution is -2.36. The van der Waals surface area contributed by atoms with Crippen molar-refractivity contribution in [3.63, 3.8) is 0 Å². The first kappa shape index (κ1) is 54.8. The van der Waals surface area contributed by atoms with E-state index in [0.29, 0.717) is 18.4 Å². The van der Waals surface area contributed by atoms with Gasteiger partial charge in [0.2, 0.25) is 0 Å². The predicted molar refractivity (Wildman–Crippen MR) is 280 cm³/mol. The fourth-order valence-electron chi connectivity index (χ4n) is 6.80. The van der Waals surface area contributed by atoms with Crippen LogP contribution in [0.1, 0.15) is 71.9 Å². The van der Waals surface area contributed by atoms with Crippen molar-refractivity contribution < 1.29 is 23.7 Å². The van der Waals surface area contributed by atoms with Crippen LogP contribution in [0.4, 0.5) is 4.79 Å². The highest BCUT2D eigenvalue weighted by atomic mass is 79.9. The lowest BCUT2D eigenvalue weighted by Gasteiger charge is -2.28. The van der Waals surface area contributed by atoms with E-state index >= 15 is 0 Å². The van der Waals surface area contributed by atoms with Crippen LogP contribution in [0, 0.1) is 0 Å². The third-order valence-corrected chi connectivity index (χ3v) is 11.6. The van der Waals surface area contributed by atoms with Crippen molar-refractivity contribution in [1.29, 1.82) is 0 Å². The first-order valence-electron chi connectivity index (χ1n) is 21.4. The van der Waals surface area contributed by atoms with Gasteiger partial charge >= 0.3 is 6.09 Å². The van der Waals surface area contributed by atoms with Gasteiger partial charge in [0, 0.05) is 72.1 Å².